The molecule has 1 atom stereocenters. The van der Waals surface area contributed by atoms with Gasteiger partial charge in [-0.05, 0) is 42.0 Å². The Balaban J connectivity index is 1.66. The van der Waals surface area contributed by atoms with E-state index in [1.165, 1.54) is 12.1 Å². The normalized spacial score (nSPS) is 12.2. The van der Waals surface area contributed by atoms with E-state index in [9.17, 15) is 15.0 Å². The van der Waals surface area contributed by atoms with Gasteiger partial charge in [0.15, 0.2) is 0 Å². The Labute approximate surface area is 145 Å². The van der Waals surface area contributed by atoms with E-state index in [1.54, 1.807) is 12.1 Å². The number of carboxylic acid groups (broad SMARTS) is 1. The van der Waals surface area contributed by atoms with E-state index in [0.717, 1.165) is 23.3 Å². The van der Waals surface area contributed by atoms with Crippen molar-refractivity contribution in [2.24, 2.45) is 0 Å². The van der Waals surface area contributed by atoms with Crippen LogP contribution in [0.1, 0.15) is 23.1 Å². The minimum atomic E-state index is -1.23. The van der Waals surface area contributed by atoms with Crippen molar-refractivity contribution in [3.8, 4) is 5.75 Å². The maximum atomic E-state index is 10.7. The molecule has 1 N–H and O–H groups in total. The number of fused-ring (bicyclic) bond motifs is 1. The second kappa shape index (κ2) is 7.36. The van der Waals surface area contributed by atoms with Crippen LogP contribution in [0, 0.1) is 0 Å². The number of hydrogen-bond acceptors (Lipinski definition) is 5. The first-order valence-corrected chi connectivity index (χ1v) is 8.15. The molecule has 0 aliphatic carbocycles. The number of ether oxygens (including phenoxy) is 1. The van der Waals surface area contributed by atoms with E-state index < -0.39 is 12.1 Å². The van der Waals surface area contributed by atoms with E-state index in [-0.39, 0.29) is 12.2 Å². The molecule has 0 spiro atoms. The van der Waals surface area contributed by atoms with Crippen molar-refractivity contribution in [2.75, 3.05) is 6.61 Å². The lowest BCUT2D eigenvalue weighted by Crippen LogP contribution is -2.24. The number of carboxylic acids is 1. The molecule has 1 heterocycles. The summed E-state index contributed by atoms with van der Waals surface area (Å²) in [5.74, 6) is 0.180. The van der Waals surface area contributed by atoms with E-state index in [1.807, 2.05) is 35.8 Å². The Kier molecular flexibility index (Phi) is 5.00. The van der Waals surface area contributed by atoms with Crippen LogP contribution in [-0.4, -0.2) is 33.3 Å². The first-order chi connectivity index (χ1) is 12.1. The summed E-state index contributed by atoms with van der Waals surface area (Å²) >= 11 is 0. The highest BCUT2D eigenvalue weighted by Gasteiger charge is 2.13. The molecular formula is C19H19N2O4-. The highest BCUT2D eigenvalue weighted by Crippen LogP contribution is 2.18. The maximum Gasteiger partial charge on any atom is 0.119 e. The number of aliphatic hydroxyl groups is 1. The highest BCUT2D eigenvalue weighted by molar-refractivity contribution is 5.85. The summed E-state index contributed by atoms with van der Waals surface area (Å²) in [6, 6.07) is 13.7. The Bertz CT molecular complexity index is 871. The first kappa shape index (κ1) is 17.0. The molecule has 0 fully saturated rings. The number of carbonyl (C=O) groups excluding carboxylic acids is 1. The second-order valence-electron chi connectivity index (χ2n) is 5.76. The van der Waals surface area contributed by atoms with Crippen molar-refractivity contribution in [1.82, 2.24) is 9.55 Å². The van der Waals surface area contributed by atoms with Crippen molar-refractivity contribution in [3.63, 3.8) is 0 Å². The summed E-state index contributed by atoms with van der Waals surface area (Å²) in [6.07, 6.45) is 0.0520. The van der Waals surface area contributed by atoms with Crippen LogP contribution in [0.5, 0.6) is 5.75 Å². The predicted octanol–water partition coefficient (Wildman–Crippen LogP) is 1.40. The first-order valence-electron chi connectivity index (χ1n) is 8.15. The van der Waals surface area contributed by atoms with Gasteiger partial charge in [-0.1, -0.05) is 19.1 Å². The van der Waals surface area contributed by atoms with Gasteiger partial charge in [0.2, 0.25) is 0 Å². The molecule has 130 valence electrons. The van der Waals surface area contributed by atoms with Crippen molar-refractivity contribution >= 4 is 17.0 Å². The third-order valence-corrected chi connectivity index (χ3v) is 3.98. The van der Waals surface area contributed by atoms with Crippen LogP contribution in [0.15, 0.2) is 48.5 Å². The van der Waals surface area contributed by atoms with Crippen LogP contribution in [0.3, 0.4) is 0 Å². The molecule has 2 aromatic carbocycles. The monoisotopic (exact) mass is 339 g/mol. The summed E-state index contributed by atoms with van der Waals surface area (Å²) in [4.78, 5) is 15.3. The van der Waals surface area contributed by atoms with Crippen molar-refractivity contribution in [1.29, 1.82) is 0 Å². The molecular weight excluding hydrogens is 320 g/mol. The van der Waals surface area contributed by atoms with Crippen molar-refractivity contribution in [3.05, 3.63) is 59.9 Å². The quantitative estimate of drug-likeness (QED) is 0.703. The molecule has 0 aliphatic heterocycles. The van der Waals surface area contributed by atoms with Crippen LogP contribution in [-0.2, 0) is 13.0 Å². The van der Waals surface area contributed by atoms with Gasteiger partial charge in [-0.2, -0.15) is 0 Å². The van der Waals surface area contributed by atoms with Gasteiger partial charge < -0.3 is 24.3 Å². The molecule has 0 amide bonds. The second-order valence-corrected chi connectivity index (χ2v) is 5.76. The molecule has 0 saturated heterocycles. The van der Waals surface area contributed by atoms with E-state index in [0.29, 0.717) is 12.3 Å². The van der Waals surface area contributed by atoms with Gasteiger partial charge in [-0.15, -0.1) is 0 Å². The van der Waals surface area contributed by atoms with E-state index in [2.05, 4.69) is 4.98 Å². The van der Waals surface area contributed by atoms with Crippen LogP contribution in [0.2, 0.25) is 0 Å². The zero-order chi connectivity index (χ0) is 17.8. The molecule has 6 heteroatoms. The number of benzene rings is 2. The summed E-state index contributed by atoms with van der Waals surface area (Å²) < 4.78 is 7.54. The van der Waals surface area contributed by atoms with Gasteiger partial charge in [0.1, 0.15) is 24.3 Å². The average Bonchev–Trinajstić information content (AvgIpc) is 2.98. The summed E-state index contributed by atoms with van der Waals surface area (Å²) in [7, 11) is 0. The number of carbonyl (C=O) groups is 1. The summed E-state index contributed by atoms with van der Waals surface area (Å²) in [6.45, 7) is 2.50. The molecule has 1 unspecified atom stereocenters. The Morgan fingerprint density at radius 2 is 1.96 bits per heavy atom. The lowest BCUT2D eigenvalue weighted by atomic mass is 10.2. The summed E-state index contributed by atoms with van der Waals surface area (Å²) in [5.41, 5.74) is 1.98. The molecule has 3 aromatic rings. The molecule has 1 aromatic heterocycles. The Morgan fingerprint density at radius 1 is 1.24 bits per heavy atom. The van der Waals surface area contributed by atoms with Crippen LogP contribution in [0.4, 0.5) is 0 Å². The molecule has 3 rings (SSSR count). The van der Waals surface area contributed by atoms with Gasteiger partial charge in [0.25, 0.3) is 0 Å². The molecule has 0 bridgehead atoms. The number of aryl methyl sites for hydroxylation is 1. The van der Waals surface area contributed by atoms with Gasteiger partial charge >= 0.3 is 0 Å². The number of nitrogens with zero attached hydrogens (tertiary/aromatic N) is 2. The fourth-order valence-electron chi connectivity index (χ4n) is 2.74. The number of imidazole rings is 1. The van der Waals surface area contributed by atoms with Crippen molar-refractivity contribution < 1.29 is 19.7 Å². The molecule has 25 heavy (non-hydrogen) atoms. The van der Waals surface area contributed by atoms with Crippen molar-refractivity contribution in [2.45, 2.75) is 26.0 Å². The minimum absolute atomic E-state index is 0.0883. The van der Waals surface area contributed by atoms with Gasteiger partial charge in [0.05, 0.1) is 23.5 Å². The largest absolute Gasteiger partial charge is 0.545 e. The van der Waals surface area contributed by atoms with Crippen LogP contribution in [0.25, 0.3) is 11.0 Å². The number of aliphatic hydroxyl groups excluding tert-OH is 1. The zero-order valence-corrected chi connectivity index (χ0v) is 13.9. The molecule has 0 radical (unpaired) electrons. The fraction of sp³-hybridized carbons (Fsp3) is 0.263. The van der Waals surface area contributed by atoms with Gasteiger partial charge in [-0.3, -0.25) is 0 Å². The molecule has 6 nitrogen and oxygen atoms in total. The lowest BCUT2D eigenvalue weighted by molar-refractivity contribution is -0.255. The zero-order valence-electron chi connectivity index (χ0n) is 13.9. The minimum Gasteiger partial charge on any atom is -0.545 e. The predicted molar refractivity (Wildman–Crippen MR) is 91.4 cm³/mol. The highest BCUT2D eigenvalue weighted by atomic mass is 16.5. The van der Waals surface area contributed by atoms with Gasteiger partial charge in [-0.25, -0.2) is 4.98 Å². The number of aromatic carboxylic acids is 1. The Hall–Kier alpha value is -2.86. The van der Waals surface area contributed by atoms with Crippen LogP contribution >= 0.6 is 0 Å². The molecule has 0 aliphatic rings. The number of aromatic nitrogens is 2. The summed E-state index contributed by atoms with van der Waals surface area (Å²) in [5, 5.41) is 21.0. The maximum absolute atomic E-state index is 10.7. The third-order valence-electron chi connectivity index (χ3n) is 3.98. The van der Waals surface area contributed by atoms with Gasteiger partial charge in [0, 0.05) is 6.42 Å². The Morgan fingerprint density at radius 3 is 2.64 bits per heavy atom. The SMILES string of the molecule is CCc1nc2ccccc2n1CC(O)COc1ccc(C(=O)[O-])cc1. The smallest absolute Gasteiger partial charge is 0.119 e. The number of hydrogen-bond donors (Lipinski definition) is 1. The average molecular weight is 339 g/mol. The number of rotatable bonds is 7. The number of para-hydroxylation sites is 2. The van der Waals surface area contributed by atoms with Crippen LogP contribution < -0.4 is 9.84 Å². The van der Waals surface area contributed by atoms with E-state index >= 15 is 0 Å². The third kappa shape index (κ3) is 3.80. The standard InChI is InChI=1S/C19H20N2O4/c1-2-18-20-16-5-3-4-6-17(16)21(18)11-14(22)12-25-15-9-7-13(8-10-15)19(23)24/h3-10,14,22H,2,11-12H2,1H3,(H,23,24)/p-1. The topological polar surface area (TPSA) is 87.4 Å². The van der Waals surface area contributed by atoms with E-state index in [4.69, 9.17) is 4.74 Å². The lowest BCUT2D eigenvalue weighted by Gasteiger charge is -2.15. The molecule has 0 saturated carbocycles. The fourth-order valence-corrected chi connectivity index (χ4v) is 2.74.